The van der Waals surface area contributed by atoms with Gasteiger partial charge in [0.15, 0.2) is 17.5 Å². The van der Waals surface area contributed by atoms with Crippen LogP contribution < -0.4 is 0 Å². The van der Waals surface area contributed by atoms with Crippen molar-refractivity contribution in [3.8, 4) is 78.7 Å². The first-order valence-electron chi connectivity index (χ1n) is 18.7. The van der Waals surface area contributed by atoms with Crippen molar-refractivity contribution in [1.82, 2.24) is 15.0 Å². The van der Waals surface area contributed by atoms with Crippen LogP contribution in [0.1, 0.15) is 26.4 Å². The lowest BCUT2D eigenvalue weighted by Crippen LogP contribution is -2.00. The highest BCUT2D eigenvalue weighted by molar-refractivity contribution is 5.90. The van der Waals surface area contributed by atoms with Crippen molar-refractivity contribution in [3.05, 3.63) is 186 Å². The fourth-order valence-corrected chi connectivity index (χ4v) is 7.13. The number of nitrogens with zero attached hydrogens (tertiary/aromatic N) is 3. The normalized spacial score (nSPS) is 12.8. The minimum absolute atomic E-state index is 0.277. The van der Waals surface area contributed by atoms with E-state index >= 15 is 0 Å². The zero-order valence-corrected chi connectivity index (χ0v) is 28.1. The van der Waals surface area contributed by atoms with Crippen LogP contribution in [0.4, 0.5) is 0 Å². The molecule has 8 aromatic rings. The first kappa shape index (κ1) is 27.4. The highest BCUT2D eigenvalue weighted by Gasteiger charge is 2.24. The van der Waals surface area contributed by atoms with Crippen molar-refractivity contribution in [2.45, 2.75) is 20.2 Å². The minimum atomic E-state index is -2.18. The van der Waals surface area contributed by atoms with Gasteiger partial charge in [-0.05, 0) is 75.8 Å². The van der Waals surface area contributed by atoms with Crippen molar-refractivity contribution in [2.24, 2.45) is 0 Å². The van der Waals surface area contributed by atoms with Gasteiger partial charge in [-0.1, -0.05) is 175 Å². The van der Waals surface area contributed by atoms with E-state index in [1.54, 1.807) is 24.3 Å². The molecule has 0 fully saturated rings. The summed E-state index contributed by atoms with van der Waals surface area (Å²) in [5, 5.41) is 0. The number of hydrogen-bond donors (Lipinski definition) is 0. The van der Waals surface area contributed by atoms with Gasteiger partial charge in [0, 0.05) is 20.8 Å². The van der Waals surface area contributed by atoms with Crippen LogP contribution in [0.25, 0.3) is 78.7 Å². The van der Waals surface area contributed by atoms with E-state index in [-0.39, 0.29) is 5.56 Å². The van der Waals surface area contributed by atoms with Gasteiger partial charge in [-0.2, -0.15) is 0 Å². The van der Waals surface area contributed by atoms with Crippen LogP contribution in [-0.4, -0.2) is 15.0 Å². The molecule has 0 aliphatic heterocycles. The SMILES string of the molecule is [2H]C([2H])([2H])c1ccc(-c2nc(-c3ccc(C)cc3)nc(-c3ccc(-c4cccc5c4Cc4c(-c6ccc(-c7ccccc7)cc6)cccc4-5)cc3)n2)cc1. The van der Waals surface area contributed by atoms with Gasteiger partial charge >= 0.3 is 0 Å². The van der Waals surface area contributed by atoms with Crippen molar-refractivity contribution >= 4 is 0 Å². The molecular weight excluding hydrogens is 619 g/mol. The molecule has 9 rings (SSSR count). The van der Waals surface area contributed by atoms with Crippen LogP contribution in [0.2, 0.25) is 0 Å². The third-order valence-corrected chi connectivity index (χ3v) is 9.84. The number of rotatable bonds is 6. The number of benzene rings is 7. The van der Waals surface area contributed by atoms with Gasteiger partial charge in [0.25, 0.3) is 0 Å². The summed E-state index contributed by atoms with van der Waals surface area (Å²) in [5.41, 5.74) is 16.4. The quantitative estimate of drug-likeness (QED) is 0.179. The predicted octanol–water partition coefficient (Wildman–Crippen LogP) is 12.1. The Bertz CT molecular complexity index is 2630. The fourth-order valence-electron chi connectivity index (χ4n) is 7.13. The summed E-state index contributed by atoms with van der Waals surface area (Å²) in [6.45, 7) is -0.136. The van der Waals surface area contributed by atoms with Gasteiger partial charge in [-0.3, -0.25) is 0 Å². The van der Waals surface area contributed by atoms with Crippen LogP contribution >= 0.6 is 0 Å². The monoisotopic (exact) mass is 656 g/mol. The molecule has 242 valence electrons. The van der Waals surface area contributed by atoms with E-state index in [1.165, 1.54) is 50.1 Å². The molecular formula is C48H35N3. The number of hydrogen-bond acceptors (Lipinski definition) is 3. The second kappa shape index (κ2) is 12.8. The smallest absolute Gasteiger partial charge is 0.164 e. The summed E-state index contributed by atoms with van der Waals surface area (Å²) in [6, 6.07) is 56.0. The molecule has 0 saturated heterocycles. The summed E-state index contributed by atoms with van der Waals surface area (Å²) in [4.78, 5) is 14.6. The maximum Gasteiger partial charge on any atom is 0.164 e. The van der Waals surface area contributed by atoms with E-state index in [2.05, 4.69) is 109 Å². The lowest BCUT2D eigenvalue weighted by Gasteiger charge is -2.11. The molecule has 7 aromatic carbocycles. The zero-order valence-electron chi connectivity index (χ0n) is 31.1. The molecule has 1 aromatic heterocycles. The Labute approximate surface area is 303 Å². The van der Waals surface area contributed by atoms with Crippen LogP contribution in [0.5, 0.6) is 0 Å². The summed E-state index contributed by atoms with van der Waals surface area (Å²) in [7, 11) is 0. The molecule has 51 heavy (non-hydrogen) atoms. The van der Waals surface area contributed by atoms with Crippen LogP contribution in [0, 0.1) is 13.8 Å². The van der Waals surface area contributed by atoms with E-state index in [0.29, 0.717) is 17.5 Å². The zero-order chi connectivity index (χ0) is 36.8. The number of aromatic nitrogens is 3. The molecule has 3 heteroatoms. The Kier molecular flexibility index (Phi) is 6.86. The maximum atomic E-state index is 7.78. The first-order chi connectivity index (χ1) is 26.3. The highest BCUT2D eigenvalue weighted by Crippen LogP contribution is 2.45. The van der Waals surface area contributed by atoms with Gasteiger partial charge in [0.05, 0.1) is 0 Å². The Hall–Kier alpha value is -6.45. The highest BCUT2D eigenvalue weighted by atomic mass is 15.0. The molecule has 0 N–H and O–H groups in total. The second-order valence-electron chi connectivity index (χ2n) is 13.1. The lowest BCUT2D eigenvalue weighted by atomic mass is 9.94. The van der Waals surface area contributed by atoms with Crippen LogP contribution in [-0.2, 0) is 6.42 Å². The van der Waals surface area contributed by atoms with E-state index in [1.807, 2.05) is 37.3 Å². The Balaban J connectivity index is 1.05. The number of aryl methyl sites for hydroxylation is 2. The molecule has 0 saturated carbocycles. The largest absolute Gasteiger partial charge is 0.208 e. The Morgan fingerprint density at radius 3 is 1.20 bits per heavy atom. The Morgan fingerprint density at radius 1 is 0.353 bits per heavy atom. The molecule has 0 atom stereocenters. The summed E-state index contributed by atoms with van der Waals surface area (Å²) >= 11 is 0. The molecule has 1 heterocycles. The van der Waals surface area contributed by atoms with Gasteiger partial charge < -0.3 is 0 Å². The predicted molar refractivity (Wildman–Crippen MR) is 210 cm³/mol. The average Bonchev–Trinajstić information content (AvgIpc) is 3.61. The van der Waals surface area contributed by atoms with Crippen molar-refractivity contribution in [2.75, 3.05) is 0 Å². The molecule has 0 unspecified atom stereocenters. The summed E-state index contributed by atoms with van der Waals surface area (Å²) < 4.78 is 23.3. The van der Waals surface area contributed by atoms with Crippen LogP contribution in [0.15, 0.2) is 164 Å². The molecule has 0 radical (unpaired) electrons. The van der Waals surface area contributed by atoms with Crippen LogP contribution in [0.3, 0.4) is 0 Å². The van der Waals surface area contributed by atoms with Gasteiger partial charge in [0.2, 0.25) is 0 Å². The number of fused-ring (bicyclic) bond motifs is 3. The van der Waals surface area contributed by atoms with Crippen molar-refractivity contribution in [3.63, 3.8) is 0 Å². The van der Waals surface area contributed by atoms with Crippen molar-refractivity contribution < 1.29 is 4.11 Å². The second-order valence-corrected chi connectivity index (χ2v) is 13.1. The minimum Gasteiger partial charge on any atom is -0.208 e. The third-order valence-electron chi connectivity index (χ3n) is 9.84. The molecule has 0 bridgehead atoms. The molecule has 1 aliphatic rings. The fraction of sp³-hybridized carbons (Fsp3) is 0.0625. The van der Waals surface area contributed by atoms with Crippen molar-refractivity contribution in [1.29, 1.82) is 0 Å². The topological polar surface area (TPSA) is 38.7 Å². The third kappa shape index (κ3) is 5.83. The van der Waals surface area contributed by atoms with Gasteiger partial charge in [-0.25, -0.2) is 15.0 Å². The Morgan fingerprint density at radius 2 is 0.725 bits per heavy atom. The molecule has 1 aliphatic carbocycles. The molecule has 3 nitrogen and oxygen atoms in total. The van der Waals surface area contributed by atoms with Gasteiger partial charge in [0.1, 0.15) is 0 Å². The summed E-state index contributed by atoms with van der Waals surface area (Å²) in [5.74, 6) is 1.60. The lowest BCUT2D eigenvalue weighted by molar-refractivity contribution is 1.07. The maximum absolute atomic E-state index is 7.78. The standard InChI is InChI=1S/C48H35N3/c1-31-14-18-37(19-15-31)46-49-47(38-20-16-32(2)17-21-38)51-48(50-46)39-28-26-36(27-29-39)41-11-7-13-43-42-12-6-10-40(44(42)30-45(41)43)35-24-22-34(23-25-35)33-8-4-3-5-9-33/h3-29H,30H2,1-2H3/i1D3. The van der Waals surface area contributed by atoms with E-state index < -0.39 is 6.85 Å². The molecule has 0 amide bonds. The first-order valence-corrected chi connectivity index (χ1v) is 17.2. The molecule has 0 spiro atoms. The summed E-state index contributed by atoms with van der Waals surface area (Å²) in [6.07, 6.45) is 0.858. The van der Waals surface area contributed by atoms with E-state index in [0.717, 1.165) is 34.2 Å². The van der Waals surface area contributed by atoms with E-state index in [9.17, 15) is 0 Å². The van der Waals surface area contributed by atoms with E-state index in [4.69, 9.17) is 19.1 Å². The average molecular weight is 657 g/mol. The van der Waals surface area contributed by atoms with Gasteiger partial charge in [-0.15, -0.1) is 0 Å².